The van der Waals surface area contributed by atoms with E-state index < -0.39 is 11.9 Å². The zero-order valence-electron chi connectivity index (χ0n) is 20.4. The number of aromatic nitrogens is 2. The fourth-order valence-corrected chi connectivity index (χ4v) is 5.15. The highest BCUT2D eigenvalue weighted by molar-refractivity contribution is 6.35. The lowest BCUT2D eigenvalue weighted by atomic mass is 10.0. The molecule has 5 rings (SSSR count). The first kappa shape index (κ1) is 25.8. The lowest BCUT2D eigenvalue weighted by Gasteiger charge is -2.23. The second kappa shape index (κ2) is 11.7. The molecular formula is C28H27Cl2FN4O2. The lowest BCUT2D eigenvalue weighted by molar-refractivity contribution is 0.0775. The molecule has 1 fully saturated rings. The number of rotatable bonds is 8. The van der Waals surface area contributed by atoms with E-state index >= 15 is 4.39 Å². The quantitative estimate of drug-likeness (QED) is 0.353. The van der Waals surface area contributed by atoms with Gasteiger partial charge in [0, 0.05) is 67.2 Å². The Bertz CT molecular complexity index is 1300. The normalized spacial score (nSPS) is 16.9. The van der Waals surface area contributed by atoms with Gasteiger partial charge in [0.2, 0.25) is 0 Å². The number of hydrogen-bond acceptors (Lipinski definition) is 6. The van der Waals surface area contributed by atoms with Crippen molar-refractivity contribution in [1.82, 2.24) is 15.3 Å². The maximum atomic E-state index is 15.2. The first-order chi connectivity index (χ1) is 18.0. The molecule has 0 saturated carbocycles. The molecule has 0 unspecified atom stereocenters. The van der Waals surface area contributed by atoms with E-state index in [2.05, 4.69) is 20.3 Å². The molecule has 1 atom stereocenters. The number of pyridine rings is 2. The van der Waals surface area contributed by atoms with Crippen LogP contribution in [0.25, 0.3) is 5.83 Å². The SMILES string of the molecule is C[C@H](Oc1ccc2c(c1)C(/C=C(\F)c1ccc(CNC3CCOCC3)nc1)=NC2)c1c(Cl)cncc1Cl. The standard InChI is InChI=1S/C28H27Cl2FN4O2/c1-17(28-24(29)15-32-16-25(28)30)37-22-5-3-18-12-35-27(23(18)10-22)11-26(31)19-2-4-21(33-13-19)14-34-20-6-8-36-9-7-20/h2-5,10-11,13,15-17,20,34H,6-9,12,14H2,1H3/b26-11-/t17-/m0/s1. The number of hydrogen-bond donors (Lipinski definition) is 1. The van der Waals surface area contributed by atoms with Crippen molar-refractivity contribution >= 4 is 34.7 Å². The van der Waals surface area contributed by atoms with E-state index in [1.807, 2.05) is 31.2 Å². The maximum Gasteiger partial charge on any atom is 0.134 e. The van der Waals surface area contributed by atoms with Crippen LogP contribution in [0.3, 0.4) is 0 Å². The van der Waals surface area contributed by atoms with E-state index in [0.29, 0.717) is 51.8 Å². The largest absolute Gasteiger partial charge is 0.486 e. The predicted molar refractivity (Wildman–Crippen MR) is 144 cm³/mol. The van der Waals surface area contributed by atoms with Crippen LogP contribution in [0.2, 0.25) is 10.0 Å². The number of fused-ring (bicyclic) bond motifs is 1. The molecule has 2 aliphatic heterocycles. The average molecular weight is 541 g/mol. The van der Waals surface area contributed by atoms with E-state index in [9.17, 15) is 0 Å². The first-order valence-electron chi connectivity index (χ1n) is 12.2. The minimum Gasteiger partial charge on any atom is -0.486 e. The minimum atomic E-state index is -0.402. The topological polar surface area (TPSA) is 68.6 Å². The average Bonchev–Trinajstić information content (AvgIpc) is 3.30. The van der Waals surface area contributed by atoms with Gasteiger partial charge in [-0.2, -0.15) is 0 Å². The number of halogens is 3. The third-order valence-corrected chi connectivity index (χ3v) is 7.15. The van der Waals surface area contributed by atoms with E-state index in [1.54, 1.807) is 12.3 Å². The monoisotopic (exact) mass is 540 g/mol. The molecule has 3 aromatic rings. The van der Waals surface area contributed by atoms with Crippen LogP contribution in [-0.4, -0.2) is 34.9 Å². The molecule has 1 N–H and O–H groups in total. The number of ether oxygens (including phenoxy) is 2. The molecule has 37 heavy (non-hydrogen) atoms. The van der Waals surface area contributed by atoms with Gasteiger partial charge in [-0.25, -0.2) is 4.39 Å². The molecule has 192 valence electrons. The summed E-state index contributed by atoms with van der Waals surface area (Å²) >= 11 is 12.6. The molecule has 2 aliphatic rings. The second-order valence-electron chi connectivity index (χ2n) is 9.10. The molecule has 4 heterocycles. The van der Waals surface area contributed by atoms with Crippen molar-refractivity contribution < 1.29 is 13.9 Å². The van der Waals surface area contributed by atoms with Crippen molar-refractivity contribution in [1.29, 1.82) is 0 Å². The summed E-state index contributed by atoms with van der Waals surface area (Å²) in [4.78, 5) is 12.9. The van der Waals surface area contributed by atoms with Gasteiger partial charge in [0.05, 0.1) is 28.0 Å². The highest BCUT2D eigenvalue weighted by Gasteiger charge is 2.20. The van der Waals surface area contributed by atoms with Gasteiger partial charge in [-0.3, -0.25) is 15.0 Å². The van der Waals surface area contributed by atoms with Crippen LogP contribution in [0.15, 0.2) is 60.0 Å². The number of aliphatic imine (C=N–C) groups is 1. The second-order valence-corrected chi connectivity index (χ2v) is 9.91. The van der Waals surface area contributed by atoms with Gasteiger partial charge in [-0.05, 0) is 49.6 Å². The van der Waals surface area contributed by atoms with Crippen LogP contribution < -0.4 is 10.1 Å². The minimum absolute atomic E-state index is 0.391. The third kappa shape index (κ3) is 6.18. The van der Waals surface area contributed by atoms with Crippen LogP contribution in [0, 0.1) is 0 Å². The van der Waals surface area contributed by atoms with Crippen molar-refractivity contribution in [2.24, 2.45) is 4.99 Å². The van der Waals surface area contributed by atoms with Crippen LogP contribution in [0.5, 0.6) is 5.75 Å². The Morgan fingerprint density at radius 2 is 1.95 bits per heavy atom. The van der Waals surface area contributed by atoms with E-state index in [0.717, 1.165) is 42.9 Å². The van der Waals surface area contributed by atoms with Gasteiger partial charge in [0.15, 0.2) is 0 Å². The molecule has 6 nitrogen and oxygen atoms in total. The Morgan fingerprint density at radius 3 is 2.68 bits per heavy atom. The third-order valence-electron chi connectivity index (χ3n) is 6.54. The van der Waals surface area contributed by atoms with Crippen LogP contribution in [0.4, 0.5) is 4.39 Å². The summed E-state index contributed by atoms with van der Waals surface area (Å²) in [7, 11) is 0. The van der Waals surface area contributed by atoms with Crippen LogP contribution in [-0.2, 0) is 17.8 Å². The molecule has 2 aromatic heterocycles. The van der Waals surface area contributed by atoms with Crippen molar-refractivity contribution in [2.45, 2.75) is 45.0 Å². The fourth-order valence-electron chi connectivity index (χ4n) is 4.48. The number of allylic oxidation sites excluding steroid dienone is 1. The van der Waals surface area contributed by atoms with Crippen molar-refractivity contribution in [2.75, 3.05) is 13.2 Å². The summed E-state index contributed by atoms with van der Waals surface area (Å²) in [6.45, 7) is 4.57. The Morgan fingerprint density at radius 1 is 1.16 bits per heavy atom. The highest BCUT2D eigenvalue weighted by Crippen LogP contribution is 2.34. The molecule has 0 bridgehead atoms. The van der Waals surface area contributed by atoms with Gasteiger partial charge in [0.1, 0.15) is 17.7 Å². The van der Waals surface area contributed by atoms with E-state index in [4.69, 9.17) is 32.7 Å². The number of benzene rings is 1. The Labute approximate surface area is 225 Å². The van der Waals surface area contributed by atoms with Gasteiger partial charge in [0.25, 0.3) is 0 Å². The molecule has 0 aliphatic carbocycles. The van der Waals surface area contributed by atoms with Crippen molar-refractivity contribution in [3.05, 3.63) is 93.0 Å². The van der Waals surface area contributed by atoms with Gasteiger partial charge < -0.3 is 14.8 Å². The maximum absolute atomic E-state index is 15.2. The number of nitrogens with one attached hydrogen (secondary N) is 1. The molecule has 1 saturated heterocycles. The first-order valence-corrected chi connectivity index (χ1v) is 13.0. The predicted octanol–water partition coefficient (Wildman–Crippen LogP) is 6.51. The zero-order chi connectivity index (χ0) is 25.8. The molecule has 0 amide bonds. The van der Waals surface area contributed by atoms with E-state index in [-0.39, 0.29) is 0 Å². The molecular weight excluding hydrogens is 514 g/mol. The lowest BCUT2D eigenvalue weighted by Crippen LogP contribution is -2.34. The summed E-state index contributed by atoms with van der Waals surface area (Å²) < 4.78 is 26.7. The van der Waals surface area contributed by atoms with Gasteiger partial charge in [-0.1, -0.05) is 29.3 Å². The Balaban J connectivity index is 1.26. The molecule has 9 heteroatoms. The summed E-state index contributed by atoms with van der Waals surface area (Å²) in [5.41, 5.74) is 4.35. The summed E-state index contributed by atoms with van der Waals surface area (Å²) in [5, 5.41) is 4.37. The Hall–Kier alpha value is -2.84. The number of nitrogens with zero attached hydrogens (tertiary/aromatic N) is 3. The fraction of sp³-hybridized carbons (Fsp3) is 0.321. The van der Waals surface area contributed by atoms with Crippen molar-refractivity contribution in [3.63, 3.8) is 0 Å². The molecule has 0 radical (unpaired) electrons. The van der Waals surface area contributed by atoms with Crippen LogP contribution in [0.1, 0.15) is 53.8 Å². The zero-order valence-corrected chi connectivity index (χ0v) is 21.9. The summed E-state index contributed by atoms with van der Waals surface area (Å²) in [6, 6.07) is 9.71. The smallest absolute Gasteiger partial charge is 0.134 e. The van der Waals surface area contributed by atoms with Gasteiger partial charge >= 0.3 is 0 Å². The summed E-state index contributed by atoms with van der Waals surface area (Å²) in [6.07, 6.45) is 7.67. The van der Waals surface area contributed by atoms with E-state index in [1.165, 1.54) is 18.5 Å². The summed E-state index contributed by atoms with van der Waals surface area (Å²) in [5.74, 6) is 0.222. The molecule has 0 spiro atoms. The Kier molecular flexibility index (Phi) is 8.15. The van der Waals surface area contributed by atoms with Gasteiger partial charge in [-0.15, -0.1) is 0 Å². The van der Waals surface area contributed by atoms with Crippen molar-refractivity contribution in [3.8, 4) is 5.75 Å². The highest BCUT2D eigenvalue weighted by atomic mass is 35.5. The van der Waals surface area contributed by atoms with Crippen LogP contribution >= 0.6 is 23.2 Å². The molecule has 1 aromatic carbocycles.